The third-order valence-electron chi connectivity index (χ3n) is 2.21. The van der Waals surface area contributed by atoms with Gasteiger partial charge in [-0.3, -0.25) is 0 Å². The Morgan fingerprint density at radius 2 is 1.94 bits per heavy atom. The van der Waals surface area contributed by atoms with Gasteiger partial charge in [-0.2, -0.15) is 0 Å². The van der Waals surface area contributed by atoms with Crippen molar-refractivity contribution in [1.29, 1.82) is 0 Å². The second-order valence-electron chi connectivity index (χ2n) is 4.19. The highest BCUT2D eigenvalue weighted by atomic mass is 32.2. The zero-order valence-electron chi connectivity index (χ0n) is 10.2. The first-order chi connectivity index (χ1) is 7.40. The number of rotatable bonds is 8. The molecule has 0 aromatic heterocycles. The Bertz CT molecular complexity index is 205. The molecule has 0 fully saturated rings. The molecule has 0 saturated heterocycles. The summed E-state index contributed by atoms with van der Waals surface area (Å²) in [6.45, 7) is 4.91. The van der Waals surface area contributed by atoms with Gasteiger partial charge in [-0.1, -0.05) is 33.1 Å². The fraction of sp³-hybridized carbons (Fsp3) is 0.909. The molecule has 0 aromatic carbocycles. The first kappa shape index (κ1) is 16.5. The van der Waals surface area contributed by atoms with Crippen molar-refractivity contribution in [1.82, 2.24) is 0 Å². The lowest BCUT2D eigenvalue weighted by molar-refractivity contribution is -0.142. The third kappa shape index (κ3) is 7.74. The van der Waals surface area contributed by atoms with E-state index in [9.17, 15) is 4.79 Å². The molecule has 0 aliphatic heterocycles. The predicted octanol–water partition coefficient (Wildman–Crippen LogP) is 3.62. The number of hydrogen-bond acceptors (Lipinski definition) is 5. The average molecular weight is 282 g/mol. The zero-order chi connectivity index (χ0) is 12.6. The van der Waals surface area contributed by atoms with Crippen molar-refractivity contribution in [2.75, 3.05) is 12.9 Å². The molecule has 0 amide bonds. The molecule has 0 spiro atoms. The molecule has 0 atom stereocenters. The minimum atomic E-state index is -1.02. The van der Waals surface area contributed by atoms with Gasteiger partial charge in [0.1, 0.15) is 0 Å². The van der Waals surface area contributed by atoms with Gasteiger partial charge in [-0.15, -0.1) is 37.0 Å². The van der Waals surface area contributed by atoms with E-state index in [2.05, 4.69) is 39.1 Å². The summed E-state index contributed by atoms with van der Waals surface area (Å²) in [6, 6.07) is 0. The van der Waals surface area contributed by atoms with Crippen LogP contribution in [0.3, 0.4) is 0 Å². The van der Waals surface area contributed by atoms with Crippen molar-refractivity contribution < 1.29 is 9.53 Å². The highest BCUT2D eigenvalue weighted by Gasteiger charge is 2.30. The van der Waals surface area contributed by atoms with Gasteiger partial charge in [0.25, 0.3) is 0 Å². The topological polar surface area (TPSA) is 26.3 Å². The Kier molecular flexibility index (Phi) is 8.87. The Labute approximate surface area is 114 Å². The monoisotopic (exact) mass is 282 g/mol. The van der Waals surface area contributed by atoms with Crippen LogP contribution >= 0.6 is 37.0 Å². The molecule has 2 nitrogen and oxygen atoms in total. The first-order valence-corrected chi connectivity index (χ1v) is 7.69. The van der Waals surface area contributed by atoms with Gasteiger partial charge in [0.2, 0.25) is 0 Å². The molecule has 0 rings (SSSR count). The van der Waals surface area contributed by atoms with Gasteiger partial charge in [0, 0.05) is 0 Å². The predicted molar refractivity (Wildman–Crippen MR) is 78.5 cm³/mol. The van der Waals surface area contributed by atoms with Crippen molar-refractivity contribution in [2.45, 2.75) is 42.9 Å². The molecular formula is C11H22O2S3. The second kappa shape index (κ2) is 8.59. The smallest absolute Gasteiger partial charge is 0.342 e. The Hall–Kier alpha value is 0.520. The van der Waals surface area contributed by atoms with E-state index < -0.39 is 3.41 Å². The lowest BCUT2D eigenvalue weighted by Crippen LogP contribution is -2.25. The van der Waals surface area contributed by atoms with Crippen LogP contribution in [0.4, 0.5) is 0 Å². The van der Waals surface area contributed by atoms with Crippen LogP contribution in [0.1, 0.15) is 39.5 Å². The first-order valence-electron chi connectivity index (χ1n) is 5.57. The minimum Gasteiger partial charge on any atom is -0.463 e. The SMILES string of the molecule is CSC(S)(S)C(=O)OCCCCCC(C)C. The summed E-state index contributed by atoms with van der Waals surface area (Å²) in [5.41, 5.74) is 0. The third-order valence-corrected chi connectivity index (χ3v) is 4.41. The highest BCUT2D eigenvalue weighted by Crippen LogP contribution is 2.32. The zero-order valence-corrected chi connectivity index (χ0v) is 12.8. The molecule has 0 N–H and O–H groups in total. The van der Waals surface area contributed by atoms with Crippen molar-refractivity contribution in [3.05, 3.63) is 0 Å². The van der Waals surface area contributed by atoms with E-state index in [1.54, 1.807) is 6.26 Å². The maximum atomic E-state index is 11.4. The highest BCUT2D eigenvalue weighted by molar-refractivity contribution is 8.25. The molecule has 0 radical (unpaired) electrons. The quantitative estimate of drug-likeness (QED) is 0.308. The van der Waals surface area contributed by atoms with Crippen LogP contribution in [0.5, 0.6) is 0 Å². The number of thiol groups is 2. The van der Waals surface area contributed by atoms with Gasteiger partial charge in [0.05, 0.1) is 6.61 Å². The van der Waals surface area contributed by atoms with E-state index in [1.165, 1.54) is 24.6 Å². The largest absolute Gasteiger partial charge is 0.463 e. The summed E-state index contributed by atoms with van der Waals surface area (Å²) in [7, 11) is 0. The van der Waals surface area contributed by atoms with Crippen molar-refractivity contribution in [2.24, 2.45) is 5.92 Å². The molecule has 16 heavy (non-hydrogen) atoms. The average Bonchev–Trinajstić information content (AvgIpc) is 2.22. The molecule has 5 heteroatoms. The molecule has 0 aliphatic rings. The van der Waals surface area contributed by atoms with Crippen molar-refractivity contribution >= 4 is 43.0 Å². The summed E-state index contributed by atoms with van der Waals surface area (Å²) in [5, 5.41) is 0. The lowest BCUT2D eigenvalue weighted by atomic mass is 10.1. The molecule has 0 aromatic rings. The standard InChI is InChI=1S/C11H22O2S3/c1-9(2)7-5-4-6-8-13-10(12)11(14,15)16-3/h9,14-15H,4-8H2,1-3H3. The summed E-state index contributed by atoms with van der Waals surface area (Å²) >= 11 is 9.47. The van der Waals surface area contributed by atoms with Gasteiger partial charge >= 0.3 is 5.97 Å². The lowest BCUT2D eigenvalue weighted by Gasteiger charge is -2.17. The summed E-state index contributed by atoms with van der Waals surface area (Å²) in [5.74, 6) is 0.386. The van der Waals surface area contributed by atoms with Crippen LogP contribution in [-0.4, -0.2) is 22.2 Å². The van der Waals surface area contributed by atoms with E-state index in [0.29, 0.717) is 6.61 Å². The normalized spacial score (nSPS) is 11.9. The van der Waals surface area contributed by atoms with E-state index >= 15 is 0 Å². The molecule has 96 valence electrons. The van der Waals surface area contributed by atoms with Crippen LogP contribution in [0, 0.1) is 5.92 Å². The number of thioether (sulfide) groups is 1. The van der Waals surface area contributed by atoms with Crippen molar-refractivity contribution in [3.63, 3.8) is 0 Å². The molecular weight excluding hydrogens is 260 g/mol. The van der Waals surface area contributed by atoms with E-state index in [-0.39, 0.29) is 5.97 Å². The fourth-order valence-electron chi connectivity index (χ4n) is 1.17. The maximum Gasteiger partial charge on any atom is 0.342 e. The van der Waals surface area contributed by atoms with Crippen LogP contribution in [0.15, 0.2) is 0 Å². The summed E-state index contributed by atoms with van der Waals surface area (Å²) in [6.07, 6.45) is 6.25. The Balaban J connectivity index is 3.49. The van der Waals surface area contributed by atoms with Crippen LogP contribution in [0.2, 0.25) is 0 Å². The van der Waals surface area contributed by atoms with Crippen LogP contribution in [0.25, 0.3) is 0 Å². The number of esters is 1. The van der Waals surface area contributed by atoms with Gasteiger partial charge in [0.15, 0.2) is 3.41 Å². The van der Waals surface area contributed by atoms with E-state index in [1.807, 2.05) is 0 Å². The number of carbonyl (C=O) groups excluding carboxylic acids is 1. The number of hydrogen-bond donors (Lipinski definition) is 2. The molecule has 0 saturated carbocycles. The molecule has 0 unspecified atom stereocenters. The van der Waals surface area contributed by atoms with E-state index in [4.69, 9.17) is 4.74 Å². The number of unbranched alkanes of at least 4 members (excludes halogenated alkanes) is 2. The second-order valence-corrected chi connectivity index (χ2v) is 7.51. The van der Waals surface area contributed by atoms with Crippen molar-refractivity contribution in [3.8, 4) is 0 Å². The Morgan fingerprint density at radius 3 is 2.44 bits per heavy atom. The Morgan fingerprint density at radius 1 is 1.31 bits per heavy atom. The fourth-order valence-corrected chi connectivity index (χ4v) is 1.53. The summed E-state index contributed by atoms with van der Waals surface area (Å²) in [4.78, 5) is 11.4. The van der Waals surface area contributed by atoms with E-state index in [0.717, 1.165) is 18.8 Å². The number of carbonyl (C=O) groups is 1. The van der Waals surface area contributed by atoms with Gasteiger partial charge < -0.3 is 4.74 Å². The van der Waals surface area contributed by atoms with Gasteiger partial charge in [-0.05, 0) is 18.6 Å². The van der Waals surface area contributed by atoms with Gasteiger partial charge in [-0.25, -0.2) is 4.79 Å². The molecule has 0 aliphatic carbocycles. The number of ether oxygens (including phenoxy) is 1. The minimum absolute atomic E-state index is 0.365. The van der Waals surface area contributed by atoms with Crippen LogP contribution < -0.4 is 0 Å². The summed E-state index contributed by atoms with van der Waals surface area (Å²) < 4.78 is 4.08. The van der Waals surface area contributed by atoms with Crippen LogP contribution in [-0.2, 0) is 9.53 Å². The molecule has 0 heterocycles. The maximum absolute atomic E-state index is 11.4. The molecule has 0 bridgehead atoms.